The fraction of sp³-hybridized carbons (Fsp3) is 0.400. The highest BCUT2D eigenvalue weighted by atomic mass is 79.9. The van der Waals surface area contributed by atoms with Crippen molar-refractivity contribution in [3.63, 3.8) is 0 Å². The molecule has 0 spiro atoms. The Morgan fingerprint density at radius 1 is 1.15 bits per heavy atom. The largest absolute Gasteiger partial charge is 0.493 e. The van der Waals surface area contributed by atoms with Crippen LogP contribution in [0.25, 0.3) is 0 Å². The third kappa shape index (κ3) is 1.22. The Balaban J connectivity index is 2.60. The van der Waals surface area contributed by atoms with Gasteiger partial charge in [0, 0.05) is 5.56 Å². The average Bonchev–Trinajstić information content (AvgIpc) is 2.10. The van der Waals surface area contributed by atoms with Gasteiger partial charge in [-0.25, -0.2) is 0 Å². The summed E-state index contributed by atoms with van der Waals surface area (Å²) < 4.78 is 11.6. The number of ether oxygens (including phenoxy) is 2. The predicted molar refractivity (Wildman–Crippen MR) is 54.7 cm³/mol. The van der Waals surface area contributed by atoms with E-state index in [0.717, 1.165) is 28.8 Å². The molecule has 0 N–H and O–H groups in total. The summed E-state index contributed by atoms with van der Waals surface area (Å²) >= 11 is 3.46. The second-order valence-corrected chi connectivity index (χ2v) is 3.92. The lowest BCUT2D eigenvalue weighted by atomic mass is 9.87. The molecule has 0 heterocycles. The SMILES string of the molecule is COc1c(Br)cc2c(c1OC)CC2. The van der Waals surface area contributed by atoms with Crippen LogP contribution in [0.5, 0.6) is 11.5 Å². The molecule has 2 rings (SSSR count). The van der Waals surface area contributed by atoms with Gasteiger partial charge >= 0.3 is 0 Å². The van der Waals surface area contributed by atoms with Crippen LogP contribution in [0.3, 0.4) is 0 Å². The molecule has 0 radical (unpaired) electrons. The highest BCUT2D eigenvalue weighted by molar-refractivity contribution is 9.10. The van der Waals surface area contributed by atoms with Gasteiger partial charge in [0.1, 0.15) is 0 Å². The Morgan fingerprint density at radius 3 is 2.31 bits per heavy atom. The molecule has 1 aromatic carbocycles. The maximum Gasteiger partial charge on any atom is 0.175 e. The zero-order valence-corrected chi connectivity index (χ0v) is 9.27. The summed E-state index contributed by atoms with van der Waals surface area (Å²) in [6.07, 6.45) is 2.25. The summed E-state index contributed by atoms with van der Waals surface area (Å²) in [6.45, 7) is 0. The van der Waals surface area contributed by atoms with E-state index in [-0.39, 0.29) is 0 Å². The van der Waals surface area contributed by atoms with Crippen LogP contribution in [0.4, 0.5) is 0 Å². The molecule has 0 unspecified atom stereocenters. The summed E-state index contributed by atoms with van der Waals surface area (Å²) in [5, 5.41) is 0. The van der Waals surface area contributed by atoms with Crippen LogP contribution in [0, 0.1) is 0 Å². The van der Waals surface area contributed by atoms with Crippen LogP contribution in [0.15, 0.2) is 10.5 Å². The number of halogens is 1. The zero-order chi connectivity index (χ0) is 9.42. The molecule has 0 aliphatic heterocycles. The Bertz CT molecular complexity index is 347. The van der Waals surface area contributed by atoms with E-state index in [9.17, 15) is 0 Å². The van der Waals surface area contributed by atoms with Crippen LogP contribution in [-0.2, 0) is 12.8 Å². The first kappa shape index (κ1) is 8.88. The predicted octanol–water partition coefficient (Wildman–Crippen LogP) is 2.56. The monoisotopic (exact) mass is 242 g/mol. The molecule has 1 aliphatic carbocycles. The van der Waals surface area contributed by atoms with E-state index >= 15 is 0 Å². The van der Waals surface area contributed by atoms with E-state index in [1.54, 1.807) is 14.2 Å². The third-order valence-corrected chi connectivity index (χ3v) is 3.03. The van der Waals surface area contributed by atoms with Crippen LogP contribution in [0.1, 0.15) is 11.1 Å². The molecule has 0 saturated carbocycles. The second-order valence-electron chi connectivity index (χ2n) is 3.06. The maximum atomic E-state index is 5.32. The second kappa shape index (κ2) is 3.22. The summed E-state index contributed by atoms with van der Waals surface area (Å²) in [5.74, 6) is 1.69. The minimum atomic E-state index is 0.806. The Kier molecular flexibility index (Phi) is 2.20. The summed E-state index contributed by atoms with van der Waals surface area (Å²) in [7, 11) is 3.34. The molecule has 0 amide bonds. The summed E-state index contributed by atoms with van der Waals surface area (Å²) in [6, 6.07) is 2.11. The number of hydrogen-bond donors (Lipinski definition) is 0. The van der Waals surface area contributed by atoms with Crippen LogP contribution in [-0.4, -0.2) is 14.2 Å². The molecule has 0 bridgehead atoms. The molecule has 0 fully saturated rings. The first-order chi connectivity index (χ1) is 6.27. The van der Waals surface area contributed by atoms with Crippen LogP contribution >= 0.6 is 15.9 Å². The molecule has 0 aromatic heterocycles. The van der Waals surface area contributed by atoms with E-state index in [4.69, 9.17) is 9.47 Å². The Hall–Kier alpha value is -0.700. The first-order valence-electron chi connectivity index (χ1n) is 4.20. The molecule has 2 nitrogen and oxygen atoms in total. The standard InChI is InChI=1S/C10H11BrO2/c1-12-9-7-4-3-6(7)5-8(11)10(9)13-2/h5H,3-4H2,1-2H3. The van der Waals surface area contributed by atoms with Crippen molar-refractivity contribution in [1.82, 2.24) is 0 Å². The van der Waals surface area contributed by atoms with Crippen molar-refractivity contribution >= 4 is 15.9 Å². The normalized spacial score (nSPS) is 13.2. The number of rotatable bonds is 2. The molecular weight excluding hydrogens is 232 g/mol. The fourth-order valence-corrected chi connectivity index (χ4v) is 2.30. The highest BCUT2D eigenvalue weighted by Gasteiger charge is 2.23. The molecule has 70 valence electrons. The van der Waals surface area contributed by atoms with Crippen LogP contribution < -0.4 is 9.47 Å². The quantitative estimate of drug-likeness (QED) is 0.794. The molecular formula is C10H11BrO2. The van der Waals surface area contributed by atoms with E-state index in [1.807, 2.05) is 0 Å². The highest BCUT2D eigenvalue weighted by Crippen LogP contribution is 2.44. The van der Waals surface area contributed by atoms with Crippen molar-refractivity contribution in [2.45, 2.75) is 12.8 Å². The fourth-order valence-electron chi connectivity index (χ4n) is 1.68. The zero-order valence-electron chi connectivity index (χ0n) is 7.69. The van der Waals surface area contributed by atoms with E-state index in [1.165, 1.54) is 11.1 Å². The van der Waals surface area contributed by atoms with Crippen LogP contribution in [0.2, 0.25) is 0 Å². The van der Waals surface area contributed by atoms with Gasteiger partial charge in [-0.1, -0.05) is 0 Å². The average molecular weight is 243 g/mol. The molecule has 0 saturated heterocycles. The van der Waals surface area contributed by atoms with Gasteiger partial charge in [0.2, 0.25) is 0 Å². The first-order valence-corrected chi connectivity index (χ1v) is 4.99. The number of hydrogen-bond acceptors (Lipinski definition) is 2. The molecule has 1 aromatic rings. The van der Waals surface area contributed by atoms with Crippen molar-refractivity contribution in [2.24, 2.45) is 0 Å². The third-order valence-electron chi connectivity index (χ3n) is 2.44. The van der Waals surface area contributed by atoms with Crippen molar-refractivity contribution in [3.05, 3.63) is 21.7 Å². The number of benzene rings is 1. The number of aryl methyl sites for hydroxylation is 1. The minimum Gasteiger partial charge on any atom is -0.493 e. The molecule has 1 aliphatic rings. The van der Waals surface area contributed by atoms with Gasteiger partial charge < -0.3 is 9.47 Å². The minimum absolute atomic E-state index is 0.806. The Morgan fingerprint density at radius 2 is 1.85 bits per heavy atom. The van der Waals surface area contributed by atoms with Gasteiger partial charge in [-0.05, 0) is 40.4 Å². The molecule has 0 atom stereocenters. The topological polar surface area (TPSA) is 18.5 Å². The maximum absolute atomic E-state index is 5.32. The van der Waals surface area contributed by atoms with Gasteiger partial charge in [-0.3, -0.25) is 0 Å². The van der Waals surface area contributed by atoms with E-state index < -0.39 is 0 Å². The van der Waals surface area contributed by atoms with Gasteiger partial charge in [0.25, 0.3) is 0 Å². The lowest BCUT2D eigenvalue weighted by Gasteiger charge is -2.24. The van der Waals surface area contributed by atoms with Gasteiger partial charge in [-0.2, -0.15) is 0 Å². The van der Waals surface area contributed by atoms with Gasteiger partial charge in [-0.15, -0.1) is 0 Å². The Labute approximate surface area is 86.0 Å². The number of methoxy groups -OCH3 is 2. The van der Waals surface area contributed by atoms with Crippen molar-refractivity contribution < 1.29 is 9.47 Å². The lowest BCUT2D eigenvalue weighted by Crippen LogP contribution is -2.11. The van der Waals surface area contributed by atoms with Crippen molar-refractivity contribution in [1.29, 1.82) is 0 Å². The molecule has 13 heavy (non-hydrogen) atoms. The van der Waals surface area contributed by atoms with Gasteiger partial charge in [0.05, 0.1) is 18.7 Å². The number of fused-ring (bicyclic) bond motifs is 1. The lowest BCUT2D eigenvalue weighted by molar-refractivity contribution is 0.347. The van der Waals surface area contributed by atoms with E-state index in [0.29, 0.717) is 0 Å². The van der Waals surface area contributed by atoms with E-state index in [2.05, 4.69) is 22.0 Å². The summed E-state index contributed by atoms with van der Waals surface area (Å²) in [5.41, 5.74) is 2.66. The molecule has 3 heteroatoms. The smallest absolute Gasteiger partial charge is 0.175 e. The van der Waals surface area contributed by atoms with Crippen molar-refractivity contribution in [2.75, 3.05) is 14.2 Å². The van der Waals surface area contributed by atoms with Gasteiger partial charge in [0.15, 0.2) is 11.5 Å². The van der Waals surface area contributed by atoms with Crippen molar-refractivity contribution in [3.8, 4) is 11.5 Å². The summed E-state index contributed by atoms with van der Waals surface area (Å²) in [4.78, 5) is 0.